The number of aromatic amines is 1. The molecule has 4 aromatic heterocycles. The number of carbonyl (C=O) groups excluding carboxylic acids is 2. The zero-order valence-electron chi connectivity index (χ0n) is 14.8. The summed E-state index contributed by atoms with van der Waals surface area (Å²) in [7, 11) is 1.66. The van der Waals surface area contributed by atoms with Crippen LogP contribution in [0.3, 0.4) is 0 Å². The average Bonchev–Trinajstić information content (AvgIpc) is 3.46. The van der Waals surface area contributed by atoms with Gasteiger partial charge in [0.15, 0.2) is 17.1 Å². The minimum absolute atomic E-state index is 0.0872. The molecule has 0 aliphatic heterocycles. The second kappa shape index (κ2) is 7.27. The van der Waals surface area contributed by atoms with Crippen molar-refractivity contribution in [3.05, 3.63) is 66.2 Å². The van der Waals surface area contributed by atoms with Crippen molar-refractivity contribution in [3.8, 4) is 11.5 Å². The summed E-state index contributed by atoms with van der Waals surface area (Å²) in [5.74, 6) is 0.246. The van der Waals surface area contributed by atoms with Crippen LogP contribution in [0.5, 0.6) is 0 Å². The number of nitrogens with one attached hydrogen (secondary N) is 3. The molecular formula is C18H16N6O4. The highest BCUT2D eigenvalue weighted by molar-refractivity contribution is 6.07. The third kappa shape index (κ3) is 3.56. The fraction of sp³-hybridized carbons (Fsp3) is 0.111. The van der Waals surface area contributed by atoms with E-state index in [9.17, 15) is 9.59 Å². The van der Waals surface area contributed by atoms with Crippen molar-refractivity contribution in [2.45, 2.75) is 6.54 Å². The predicted molar refractivity (Wildman–Crippen MR) is 97.3 cm³/mol. The summed E-state index contributed by atoms with van der Waals surface area (Å²) in [6, 6.07) is 8.52. The Morgan fingerprint density at radius 1 is 1.18 bits per heavy atom. The minimum Gasteiger partial charge on any atom is -0.467 e. The van der Waals surface area contributed by atoms with Gasteiger partial charge in [-0.1, -0.05) is 0 Å². The normalized spacial score (nSPS) is 10.8. The number of carbonyl (C=O) groups is 2. The molecule has 0 saturated carbocycles. The van der Waals surface area contributed by atoms with Crippen molar-refractivity contribution < 1.29 is 18.4 Å². The van der Waals surface area contributed by atoms with Gasteiger partial charge in [0.25, 0.3) is 11.8 Å². The van der Waals surface area contributed by atoms with Crippen LogP contribution in [0.4, 0.5) is 5.69 Å². The lowest BCUT2D eigenvalue weighted by molar-refractivity contribution is 0.0943. The van der Waals surface area contributed by atoms with Crippen LogP contribution in [0.2, 0.25) is 0 Å². The van der Waals surface area contributed by atoms with E-state index in [0.717, 1.165) is 0 Å². The number of anilines is 1. The molecule has 0 aliphatic carbocycles. The molecule has 0 spiro atoms. The van der Waals surface area contributed by atoms with Gasteiger partial charge >= 0.3 is 0 Å². The summed E-state index contributed by atoms with van der Waals surface area (Å²) in [6.07, 6.45) is 4.59. The van der Waals surface area contributed by atoms with Crippen LogP contribution in [0.1, 0.15) is 26.7 Å². The van der Waals surface area contributed by atoms with E-state index in [0.29, 0.717) is 17.2 Å². The SMILES string of the molecule is Cn1cc(NC(=O)c2cc(-c3ccco3)[nH]n2)c(C(=O)NCc2ccco2)n1. The monoisotopic (exact) mass is 380 g/mol. The highest BCUT2D eigenvalue weighted by Gasteiger charge is 2.20. The van der Waals surface area contributed by atoms with E-state index < -0.39 is 11.8 Å². The maximum Gasteiger partial charge on any atom is 0.276 e. The summed E-state index contributed by atoms with van der Waals surface area (Å²) < 4.78 is 11.9. The molecule has 4 aromatic rings. The summed E-state index contributed by atoms with van der Waals surface area (Å²) >= 11 is 0. The lowest BCUT2D eigenvalue weighted by Gasteiger charge is -2.04. The van der Waals surface area contributed by atoms with Gasteiger partial charge in [-0.3, -0.25) is 19.4 Å². The van der Waals surface area contributed by atoms with Crippen molar-refractivity contribution in [1.82, 2.24) is 25.3 Å². The van der Waals surface area contributed by atoms with E-state index in [-0.39, 0.29) is 23.6 Å². The maximum absolute atomic E-state index is 12.5. The third-order valence-corrected chi connectivity index (χ3v) is 3.89. The number of nitrogens with zero attached hydrogens (tertiary/aromatic N) is 3. The van der Waals surface area contributed by atoms with E-state index in [2.05, 4.69) is 25.9 Å². The number of H-pyrrole nitrogens is 1. The van der Waals surface area contributed by atoms with Gasteiger partial charge in [-0.15, -0.1) is 0 Å². The molecule has 0 unspecified atom stereocenters. The Labute approximate surface area is 158 Å². The Morgan fingerprint density at radius 3 is 2.75 bits per heavy atom. The Hall–Kier alpha value is -4.08. The zero-order valence-corrected chi connectivity index (χ0v) is 14.8. The third-order valence-electron chi connectivity index (χ3n) is 3.89. The fourth-order valence-corrected chi connectivity index (χ4v) is 2.59. The lowest BCUT2D eigenvalue weighted by atomic mass is 10.2. The molecule has 4 heterocycles. The van der Waals surface area contributed by atoms with E-state index in [1.54, 1.807) is 43.6 Å². The molecule has 10 heteroatoms. The van der Waals surface area contributed by atoms with Gasteiger partial charge < -0.3 is 19.5 Å². The second-order valence-corrected chi connectivity index (χ2v) is 5.93. The molecule has 10 nitrogen and oxygen atoms in total. The van der Waals surface area contributed by atoms with Crippen LogP contribution in [-0.4, -0.2) is 31.8 Å². The first-order chi connectivity index (χ1) is 13.6. The Morgan fingerprint density at radius 2 is 2.00 bits per heavy atom. The highest BCUT2D eigenvalue weighted by atomic mass is 16.3. The van der Waals surface area contributed by atoms with E-state index in [1.165, 1.54) is 17.2 Å². The standard InChI is InChI=1S/C18H16N6O4/c1-24-10-14(16(23-24)18(26)19-9-11-4-2-6-27-11)20-17(25)13-8-12(21-22-13)15-5-3-7-28-15/h2-8,10H,9H2,1H3,(H,19,26)(H,20,25)(H,21,22). The maximum atomic E-state index is 12.5. The minimum atomic E-state index is -0.484. The van der Waals surface area contributed by atoms with Crippen molar-refractivity contribution >= 4 is 17.5 Å². The van der Waals surface area contributed by atoms with Gasteiger partial charge in [-0.25, -0.2) is 0 Å². The summed E-state index contributed by atoms with van der Waals surface area (Å²) in [5, 5.41) is 16.2. The molecule has 3 N–H and O–H groups in total. The zero-order chi connectivity index (χ0) is 19.5. The van der Waals surface area contributed by atoms with Gasteiger partial charge in [0.05, 0.1) is 24.8 Å². The van der Waals surface area contributed by atoms with Gasteiger partial charge in [0.1, 0.15) is 11.5 Å². The Balaban J connectivity index is 1.47. The first-order valence-corrected chi connectivity index (χ1v) is 8.35. The molecule has 0 fully saturated rings. The summed E-state index contributed by atoms with van der Waals surface area (Å²) in [6.45, 7) is 0.210. The lowest BCUT2D eigenvalue weighted by Crippen LogP contribution is -2.25. The molecule has 0 aromatic carbocycles. The topological polar surface area (TPSA) is 131 Å². The van der Waals surface area contributed by atoms with Crippen molar-refractivity contribution in [3.63, 3.8) is 0 Å². The van der Waals surface area contributed by atoms with Gasteiger partial charge in [0.2, 0.25) is 0 Å². The smallest absolute Gasteiger partial charge is 0.276 e. The van der Waals surface area contributed by atoms with E-state index >= 15 is 0 Å². The molecule has 0 saturated heterocycles. The van der Waals surface area contributed by atoms with Crippen LogP contribution < -0.4 is 10.6 Å². The number of aryl methyl sites for hydroxylation is 1. The summed E-state index contributed by atoms with van der Waals surface area (Å²) in [5.41, 5.74) is 1.08. The van der Waals surface area contributed by atoms with Crippen LogP contribution in [-0.2, 0) is 13.6 Å². The first-order valence-electron chi connectivity index (χ1n) is 8.35. The number of aromatic nitrogens is 4. The van der Waals surface area contributed by atoms with Crippen molar-refractivity contribution in [1.29, 1.82) is 0 Å². The summed E-state index contributed by atoms with van der Waals surface area (Å²) in [4.78, 5) is 25.0. The fourth-order valence-electron chi connectivity index (χ4n) is 2.59. The number of furan rings is 2. The van der Waals surface area contributed by atoms with Crippen molar-refractivity contribution in [2.75, 3.05) is 5.32 Å². The number of hydrogen-bond acceptors (Lipinski definition) is 6. The molecule has 0 atom stereocenters. The number of hydrogen-bond donors (Lipinski definition) is 3. The Bertz CT molecular complexity index is 1090. The predicted octanol–water partition coefficient (Wildman–Crippen LogP) is 2.18. The Kier molecular flexibility index (Phi) is 4.50. The highest BCUT2D eigenvalue weighted by Crippen LogP contribution is 2.19. The number of amides is 2. The average molecular weight is 380 g/mol. The quantitative estimate of drug-likeness (QED) is 0.470. The van der Waals surface area contributed by atoms with Gasteiger partial charge in [-0.05, 0) is 24.3 Å². The second-order valence-electron chi connectivity index (χ2n) is 5.93. The van der Waals surface area contributed by atoms with Crippen LogP contribution >= 0.6 is 0 Å². The van der Waals surface area contributed by atoms with Gasteiger partial charge in [0, 0.05) is 19.3 Å². The number of rotatable bonds is 6. The van der Waals surface area contributed by atoms with E-state index in [4.69, 9.17) is 8.83 Å². The molecular weight excluding hydrogens is 364 g/mol. The molecule has 4 rings (SSSR count). The van der Waals surface area contributed by atoms with Crippen molar-refractivity contribution in [2.24, 2.45) is 7.05 Å². The molecule has 0 bridgehead atoms. The molecule has 142 valence electrons. The molecule has 2 amide bonds. The molecule has 28 heavy (non-hydrogen) atoms. The first kappa shape index (κ1) is 17.3. The van der Waals surface area contributed by atoms with Crippen LogP contribution in [0.15, 0.2) is 57.9 Å². The van der Waals surface area contributed by atoms with Crippen LogP contribution in [0.25, 0.3) is 11.5 Å². The largest absolute Gasteiger partial charge is 0.467 e. The van der Waals surface area contributed by atoms with E-state index in [1.807, 2.05) is 0 Å². The van der Waals surface area contributed by atoms with Crippen LogP contribution in [0, 0.1) is 0 Å². The molecule has 0 aliphatic rings. The van der Waals surface area contributed by atoms with Gasteiger partial charge in [-0.2, -0.15) is 10.2 Å². The molecule has 0 radical (unpaired) electrons.